The predicted molar refractivity (Wildman–Crippen MR) is 60.7 cm³/mol. The molecule has 0 unspecified atom stereocenters. The molecule has 0 aliphatic heterocycles. The molecule has 1 aromatic carbocycles. The van der Waals surface area contributed by atoms with E-state index in [0.29, 0.717) is 16.7 Å². The van der Waals surface area contributed by atoms with Crippen molar-refractivity contribution in [1.29, 1.82) is 0 Å². The van der Waals surface area contributed by atoms with Crippen LogP contribution in [-0.4, -0.2) is 18.2 Å². The molecule has 0 atom stereocenters. The van der Waals surface area contributed by atoms with Crippen LogP contribution in [0.15, 0.2) is 27.4 Å². The van der Waals surface area contributed by atoms with Crippen molar-refractivity contribution in [3.8, 4) is 5.75 Å². The van der Waals surface area contributed by atoms with Crippen molar-refractivity contribution in [3.05, 3.63) is 39.7 Å². The van der Waals surface area contributed by atoms with Gasteiger partial charge in [-0.2, -0.15) is 0 Å². The standard InChI is InChI=1S/C12H10O5/c1-6-3-7-4-8(11(13)14)12(15)17-10(7)5-9(6)16-2/h3-5H,1-2H3,(H,13,14). The van der Waals surface area contributed by atoms with Crippen molar-refractivity contribution in [1.82, 2.24) is 0 Å². The molecule has 0 aliphatic carbocycles. The van der Waals surface area contributed by atoms with Gasteiger partial charge in [0.2, 0.25) is 0 Å². The second kappa shape index (κ2) is 3.93. The van der Waals surface area contributed by atoms with Gasteiger partial charge in [0.15, 0.2) is 0 Å². The molecule has 88 valence electrons. The summed E-state index contributed by atoms with van der Waals surface area (Å²) >= 11 is 0. The third-order valence-corrected chi connectivity index (χ3v) is 2.48. The van der Waals surface area contributed by atoms with Gasteiger partial charge in [-0.3, -0.25) is 0 Å². The van der Waals surface area contributed by atoms with Gasteiger partial charge in [0.1, 0.15) is 16.9 Å². The number of rotatable bonds is 2. The molecule has 5 heteroatoms. The first-order chi connectivity index (χ1) is 8.02. The van der Waals surface area contributed by atoms with Crippen LogP contribution in [-0.2, 0) is 0 Å². The van der Waals surface area contributed by atoms with E-state index < -0.39 is 11.6 Å². The van der Waals surface area contributed by atoms with E-state index in [1.165, 1.54) is 13.2 Å². The van der Waals surface area contributed by atoms with Gasteiger partial charge >= 0.3 is 11.6 Å². The summed E-state index contributed by atoms with van der Waals surface area (Å²) in [6.07, 6.45) is 0. The number of methoxy groups -OCH3 is 1. The van der Waals surface area contributed by atoms with Gasteiger partial charge in [0, 0.05) is 11.5 Å². The molecule has 0 spiro atoms. The molecular formula is C12H10O5. The smallest absolute Gasteiger partial charge is 0.351 e. The van der Waals surface area contributed by atoms with Crippen LogP contribution in [0.3, 0.4) is 0 Å². The Labute approximate surface area is 96.2 Å². The Morgan fingerprint density at radius 3 is 2.65 bits per heavy atom. The number of carboxylic acid groups (broad SMARTS) is 1. The Hall–Kier alpha value is -2.30. The predicted octanol–water partition coefficient (Wildman–Crippen LogP) is 1.81. The fourth-order valence-electron chi connectivity index (χ4n) is 1.63. The average molecular weight is 234 g/mol. The van der Waals surface area contributed by atoms with Gasteiger partial charge in [0.05, 0.1) is 7.11 Å². The van der Waals surface area contributed by atoms with Crippen LogP contribution in [0.4, 0.5) is 0 Å². The van der Waals surface area contributed by atoms with Crippen molar-refractivity contribution in [2.75, 3.05) is 7.11 Å². The number of fused-ring (bicyclic) bond motifs is 1. The summed E-state index contributed by atoms with van der Waals surface area (Å²) in [6.45, 7) is 1.82. The normalized spacial score (nSPS) is 10.5. The Morgan fingerprint density at radius 2 is 2.06 bits per heavy atom. The first-order valence-electron chi connectivity index (χ1n) is 4.88. The number of hydrogen-bond donors (Lipinski definition) is 1. The maximum absolute atomic E-state index is 11.4. The summed E-state index contributed by atoms with van der Waals surface area (Å²) in [4.78, 5) is 22.2. The molecule has 0 amide bonds. The van der Waals surface area contributed by atoms with E-state index in [-0.39, 0.29) is 5.56 Å². The highest BCUT2D eigenvalue weighted by Gasteiger charge is 2.13. The lowest BCUT2D eigenvalue weighted by molar-refractivity contribution is 0.0692. The second-order valence-corrected chi connectivity index (χ2v) is 3.61. The molecule has 1 N–H and O–H groups in total. The number of hydrogen-bond acceptors (Lipinski definition) is 4. The molecule has 17 heavy (non-hydrogen) atoms. The van der Waals surface area contributed by atoms with Crippen molar-refractivity contribution in [3.63, 3.8) is 0 Å². The van der Waals surface area contributed by atoms with Crippen molar-refractivity contribution in [2.24, 2.45) is 0 Å². The minimum atomic E-state index is -1.30. The Bertz CT molecular complexity index is 654. The van der Waals surface area contributed by atoms with Crippen molar-refractivity contribution < 1.29 is 19.1 Å². The highest BCUT2D eigenvalue weighted by Crippen LogP contribution is 2.24. The molecule has 0 aliphatic rings. The minimum Gasteiger partial charge on any atom is -0.496 e. The SMILES string of the molecule is COc1cc2oc(=O)c(C(=O)O)cc2cc1C. The van der Waals surface area contributed by atoms with Gasteiger partial charge in [-0.1, -0.05) is 0 Å². The van der Waals surface area contributed by atoms with E-state index in [4.69, 9.17) is 14.3 Å². The summed E-state index contributed by atoms with van der Waals surface area (Å²) in [6, 6.07) is 4.58. The van der Waals surface area contributed by atoms with Gasteiger partial charge in [-0.25, -0.2) is 9.59 Å². The molecule has 0 radical (unpaired) electrons. The molecule has 5 nitrogen and oxygen atoms in total. The maximum atomic E-state index is 11.4. The zero-order valence-corrected chi connectivity index (χ0v) is 9.31. The molecule has 2 aromatic rings. The van der Waals surface area contributed by atoms with Crippen LogP contribution in [0.2, 0.25) is 0 Å². The third-order valence-electron chi connectivity index (χ3n) is 2.48. The number of carbonyl (C=O) groups is 1. The summed E-state index contributed by atoms with van der Waals surface area (Å²) in [5, 5.41) is 9.37. The molecule has 1 heterocycles. The lowest BCUT2D eigenvalue weighted by Gasteiger charge is -2.06. The molecule has 0 fully saturated rings. The minimum absolute atomic E-state index is 0.308. The molecule has 2 rings (SSSR count). The number of aryl methyl sites for hydroxylation is 1. The number of ether oxygens (including phenoxy) is 1. The highest BCUT2D eigenvalue weighted by atomic mass is 16.5. The van der Waals surface area contributed by atoms with Crippen LogP contribution >= 0.6 is 0 Å². The number of carboxylic acids is 1. The fourth-order valence-corrected chi connectivity index (χ4v) is 1.63. The molecule has 0 saturated carbocycles. The monoisotopic (exact) mass is 234 g/mol. The van der Waals surface area contributed by atoms with E-state index in [9.17, 15) is 9.59 Å². The zero-order chi connectivity index (χ0) is 12.6. The lowest BCUT2D eigenvalue weighted by Crippen LogP contribution is -2.12. The Balaban J connectivity index is 2.79. The number of benzene rings is 1. The largest absolute Gasteiger partial charge is 0.496 e. The number of aromatic carboxylic acids is 1. The summed E-state index contributed by atoms with van der Waals surface area (Å²) in [7, 11) is 1.51. The maximum Gasteiger partial charge on any atom is 0.351 e. The van der Waals surface area contributed by atoms with E-state index in [0.717, 1.165) is 5.56 Å². The summed E-state index contributed by atoms with van der Waals surface area (Å²) in [5.74, 6) is -0.710. The van der Waals surface area contributed by atoms with E-state index >= 15 is 0 Å². The Morgan fingerprint density at radius 1 is 1.35 bits per heavy atom. The third kappa shape index (κ3) is 1.87. The van der Waals surface area contributed by atoms with Gasteiger partial charge in [-0.15, -0.1) is 0 Å². The first kappa shape index (κ1) is 11.2. The van der Waals surface area contributed by atoms with Crippen molar-refractivity contribution >= 4 is 16.9 Å². The second-order valence-electron chi connectivity index (χ2n) is 3.61. The highest BCUT2D eigenvalue weighted by molar-refractivity contribution is 5.92. The van der Waals surface area contributed by atoms with Crippen LogP contribution in [0.1, 0.15) is 15.9 Å². The zero-order valence-electron chi connectivity index (χ0n) is 9.31. The lowest BCUT2D eigenvalue weighted by atomic mass is 10.1. The summed E-state index contributed by atoms with van der Waals surface area (Å²) in [5.41, 5.74) is -0.0920. The molecule has 1 aromatic heterocycles. The van der Waals surface area contributed by atoms with Gasteiger partial charge in [-0.05, 0) is 24.6 Å². The van der Waals surface area contributed by atoms with Crippen LogP contribution in [0.5, 0.6) is 5.75 Å². The van der Waals surface area contributed by atoms with Crippen molar-refractivity contribution in [2.45, 2.75) is 6.92 Å². The van der Waals surface area contributed by atoms with Crippen LogP contribution in [0.25, 0.3) is 11.0 Å². The molecular weight excluding hydrogens is 224 g/mol. The van der Waals surface area contributed by atoms with Gasteiger partial charge < -0.3 is 14.3 Å². The average Bonchev–Trinajstić information content (AvgIpc) is 2.27. The fraction of sp³-hybridized carbons (Fsp3) is 0.167. The van der Waals surface area contributed by atoms with E-state index in [1.807, 2.05) is 6.92 Å². The first-order valence-corrected chi connectivity index (χ1v) is 4.88. The quantitative estimate of drug-likeness (QED) is 0.802. The topological polar surface area (TPSA) is 76.7 Å². The molecule has 0 bridgehead atoms. The van der Waals surface area contributed by atoms with E-state index in [1.54, 1.807) is 12.1 Å². The van der Waals surface area contributed by atoms with Gasteiger partial charge in [0.25, 0.3) is 0 Å². The molecule has 0 saturated heterocycles. The van der Waals surface area contributed by atoms with E-state index in [2.05, 4.69) is 0 Å². The Kier molecular flexibility index (Phi) is 2.59. The van der Waals surface area contributed by atoms with Crippen LogP contribution < -0.4 is 10.4 Å². The van der Waals surface area contributed by atoms with Crippen LogP contribution in [0, 0.1) is 6.92 Å². The summed E-state index contributed by atoms with van der Waals surface area (Å²) < 4.78 is 10.0.